The average Bonchev–Trinajstić information content (AvgIpc) is 2.99. The number of benzene rings is 1. The van der Waals surface area contributed by atoms with Crippen LogP contribution >= 0.6 is 0 Å². The Labute approximate surface area is 132 Å². The van der Waals surface area contributed by atoms with Crippen LogP contribution in [-0.4, -0.2) is 44.6 Å². The summed E-state index contributed by atoms with van der Waals surface area (Å²) in [6.45, 7) is -0.00474. The molecule has 2 rings (SSSR count). The first-order valence-electron chi connectivity index (χ1n) is 7.48. The van der Waals surface area contributed by atoms with Gasteiger partial charge in [-0.2, -0.15) is 17.4 Å². The molecule has 2 N–H and O–H groups in total. The average molecular weight is 328 g/mol. The standard InChI is InChI=1S/C15H24N2O4S/c1-17(22(19,20)16-13-7-3-4-8-13)11-15(18)12-6-5-9-14(10-12)21-2/h5-6,9-10,13,15-16,18H,3-4,7-8,11H2,1-2H3. The molecule has 124 valence electrons. The lowest BCUT2D eigenvalue weighted by Crippen LogP contribution is -2.44. The number of methoxy groups -OCH3 is 1. The molecule has 0 heterocycles. The lowest BCUT2D eigenvalue weighted by atomic mass is 10.1. The molecule has 1 aliphatic carbocycles. The van der Waals surface area contributed by atoms with Gasteiger partial charge in [-0.05, 0) is 30.5 Å². The zero-order chi connectivity index (χ0) is 16.2. The van der Waals surface area contributed by atoms with E-state index in [9.17, 15) is 13.5 Å². The minimum atomic E-state index is -3.57. The summed E-state index contributed by atoms with van der Waals surface area (Å²) in [6.07, 6.45) is 2.98. The molecule has 1 atom stereocenters. The van der Waals surface area contributed by atoms with Crippen molar-refractivity contribution >= 4 is 10.2 Å². The number of rotatable bonds is 7. The highest BCUT2D eigenvalue weighted by atomic mass is 32.2. The third-order valence-electron chi connectivity index (χ3n) is 3.99. The zero-order valence-electron chi connectivity index (χ0n) is 13.0. The van der Waals surface area contributed by atoms with E-state index in [0.717, 1.165) is 30.0 Å². The number of hydrogen-bond acceptors (Lipinski definition) is 4. The number of ether oxygens (including phenoxy) is 1. The van der Waals surface area contributed by atoms with Crippen LogP contribution in [0.1, 0.15) is 37.4 Å². The van der Waals surface area contributed by atoms with Crippen LogP contribution in [0.3, 0.4) is 0 Å². The van der Waals surface area contributed by atoms with Gasteiger partial charge in [-0.25, -0.2) is 0 Å². The predicted molar refractivity (Wildman–Crippen MR) is 84.9 cm³/mol. The SMILES string of the molecule is COc1cccc(C(O)CN(C)S(=O)(=O)NC2CCCC2)c1. The molecular formula is C15H24N2O4S. The second-order valence-electron chi connectivity index (χ2n) is 5.68. The molecule has 22 heavy (non-hydrogen) atoms. The number of hydrogen-bond donors (Lipinski definition) is 2. The van der Waals surface area contributed by atoms with Gasteiger partial charge < -0.3 is 9.84 Å². The number of aliphatic hydroxyl groups excluding tert-OH is 1. The van der Waals surface area contributed by atoms with Gasteiger partial charge in [0.15, 0.2) is 0 Å². The first kappa shape index (κ1) is 17.2. The Morgan fingerprint density at radius 3 is 2.73 bits per heavy atom. The van der Waals surface area contributed by atoms with Crippen LogP contribution in [-0.2, 0) is 10.2 Å². The number of nitrogens with one attached hydrogen (secondary N) is 1. The van der Waals surface area contributed by atoms with E-state index < -0.39 is 16.3 Å². The van der Waals surface area contributed by atoms with Crippen molar-refractivity contribution in [2.75, 3.05) is 20.7 Å². The van der Waals surface area contributed by atoms with Crippen LogP contribution in [0.5, 0.6) is 5.75 Å². The summed E-state index contributed by atoms with van der Waals surface area (Å²) in [4.78, 5) is 0. The van der Waals surface area contributed by atoms with E-state index in [0.29, 0.717) is 11.3 Å². The Bertz CT molecular complexity index is 585. The molecular weight excluding hydrogens is 304 g/mol. The first-order chi connectivity index (χ1) is 10.4. The van der Waals surface area contributed by atoms with E-state index in [-0.39, 0.29) is 12.6 Å². The maximum atomic E-state index is 12.3. The molecule has 1 aliphatic rings. The van der Waals surface area contributed by atoms with Crippen LogP contribution in [0, 0.1) is 0 Å². The molecule has 0 bridgehead atoms. The molecule has 1 fully saturated rings. The van der Waals surface area contributed by atoms with Gasteiger partial charge in [0.2, 0.25) is 0 Å². The molecule has 0 aromatic heterocycles. The van der Waals surface area contributed by atoms with Gasteiger partial charge in [0, 0.05) is 19.6 Å². The number of aliphatic hydroxyl groups is 1. The first-order valence-corrected chi connectivity index (χ1v) is 8.92. The summed E-state index contributed by atoms with van der Waals surface area (Å²) in [5.74, 6) is 0.631. The van der Waals surface area contributed by atoms with Gasteiger partial charge in [-0.15, -0.1) is 0 Å². The van der Waals surface area contributed by atoms with Crippen LogP contribution in [0.4, 0.5) is 0 Å². The molecule has 0 amide bonds. The van der Waals surface area contributed by atoms with Gasteiger partial charge in [-0.3, -0.25) is 0 Å². The van der Waals surface area contributed by atoms with Crippen molar-refractivity contribution in [1.82, 2.24) is 9.03 Å². The minimum absolute atomic E-state index is 0.00474. The molecule has 0 radical (unpaired) electrons. The molecule has 0 spiro atoms. The van der Waals surface area contributed by atoms with Crippen molar-refractivity contribution in [3.05, 3.63) is 29.8 Å². The maximum Gasteiger partial charge on any atom is 0.279 e. The molecule has 1 saturated carbocycles. The van der Waals surface area contributed by atoms with Crippen molar-refractivity contribution in [3.8, 4) is 5.75 Å². The van der Waals surface area contributed by atoms with E-state index in [1.807, 2.05) is 0 Å². The topological polar surface area (TPSA) is 78.9 Å². The highest BCUT2D eigenvalue weighted by molar-refractivity contribution is 7.87. The molecule has 1 unspecified atom stereocenters. The molecule has 1 aromatic carbocycles. The van der Waals surface area contributed by atoms with Gasteiger partial charge >= 0.3 is 0 Å². The summed E-state index contributed by atoms with van der Waals surface area (Å²) >= 11 is 0. The third kappa shape index (κ3) is 4.42. The van der Waals surface area contributed by atoms with Gasteiger partial charge in [0.05, 0.1) is 13.2 Å². The fraction of sp³-hybridized carbons (Fsp3) is 0.600. The summed E-state index contributed by atoms with van der Waals surface area (Å²) < 4.78 is 33.5. The molecule has 1 aromatic rings. The number of likely N-dealkylation sites (N-methyl/N-ethyl adjacent to an activating group) is 1. The van der Waals surface area contributed by atoms with Crippen molar-refractivity contribution in [3.63, 3.8) is 0 Å². The monoisotopic (exact) mass is 328 g/mol. The fourth-order valence-electron chi connectivity index (χ4n) is 2.64. The predicted octanol–water partition coefficient (Wildman–Crippen LogP) is 1.44. The summed E-state index contributed by atoms with van der Waals surface area (Å²) in [5.41, 5.74) is 0.627. The van der Waals surface area contributed by atoms with Crippen molar-refractivity contribution < 1.29 is 18.3 Å². The zero-order valence-corrected chi connectivity index (χ0v) is 13.8. The van der Waals surface area contributed by atoms with Crippen molar-refractivity contribution in [2.45, 2.75) is 37.8 Å². The van der Waals surface area contributed by atoms with Crippen LogP contribution in [0.15, 0.2) is 24.3 Å². The molecule has 6 nitrogen and oxygen atoms in total. The molecule has 0 aliphatic heterocycles. The smallest absolute Gasteiger partial charge is 0.279 e. The summed E-state index contributed by atoms with van der Waals surface area (Å²) in [5, 5.41) is 10.2. The van der Waals surface area contributed by atoms with E-state index in [1.54, 1.807) is 31.4 Å². The van der Waals surface area contributed by atoms with Gasteiger partial charge in [0.25, 0.3) is 10.2 Å². The quantitative estimate of drug-likeness (QED) is 0.794. The highest BCUT2D eigenvalue weighted by Gasteiger charge is 2.26. The normalized spacial score (nSPS) is 17.8. The Morgan fingerprint density at radius 2 is 2.09 bits per heavy atom. The van der Waals surface area contributed by atoms with Crippen LogP contribution in [0.25, 0.3) is 0 Å². The Kier molecular flexibility index (Phi) is 5.80. The summed E-state index contributed by atoms with van der Waals surface area (Å²) in [7, 11) is -0.548. The van der Waals surface area contributed by atoms with Crippen LogP contribution < -0.4 is 9.46 Å². The van der Waals surface area contributed by atoms with Crippen molar-refractivity contribution in [1.29, 1.82) is 0 Å². The second kappa shape index (κ2) is 7.41. The maximum absolute atomic E-state index is 12.3. The van der Waals surface area contributed by atoms with Crippen molar-refractivity contribution in [2.24, 2.45) is 0 Å². The lowest BCUT2D eigenvalue weighted by molar-refractivity contribution is 0.154. The van der Waals surface area contributed by atoms with E-state index in [4.69, 9.17) is 4.74 Å². The van der Waals surface area contributed by atoms with E-state index in [2.05, 4.69) is 4.72 Å². The lowest BCUT2D eigenvalue weighted by Gasteiger charge is -2.23. The second-order valence-corrected chi connectivity index (χ2v) is 7.49. The van der Waals surface area contributed by atoms with Gasteiger partial charge in [0.1, 0.15) is 5.75 Å². The fourth-order valence-corrected chi connectivity index (χ4v) is 3.81. The highest BCUT2D eigenvalue weighted by Crippen LogP contribution is 2.22. The van der Waals surface area contributed by atoms with E-state index >= 15 is 0 Å². The summed E-state index contributed by atoms with van der Waals surface area (Å²) in [6, 6.07) is 7.01. The molecule has 0 saturated heterocycles. The minimum Gasteiger partial charge on any atom is -0.497 e. The van der Waals surface area contributed by atoms with E-state index in [1.165, 1.54) is 7.05 Å². The van der Waals surface area contributed by atoms with Gasteiger partial charge in [-0.1, -0.05) is 25.0 Å². The molecule has 7 heteroatoms. The number of nitrogens with zero attached hydrogens (tertiary/aromatic N) is 1. The van der Waals surface area contributed by atoms with Crippen LogP contribution in [0.2, 0.25) is 0 Å². The Morgan fingerprint density at radius 1 is 1.41 bits per heavy atom. The Hall–Kier alpha value is -1.15. The largest absolute Gasteiger partial charge is 0.497 e. The third-order valence-corrected chi connectivity index (χ3v) is 5.59. The Balaban J connectivity index is 1.98.